The highest BCUT2D eigenvalue weighted by atomic mass is 16.4. The van der Waals surface area contributed by atoms with Gasteiger partial charge in [0, 0.05) is 0 Å². The third-order valence-electron chi connectivity index (χ3n) is 3.84. The number of phenolic OH excluding ortho intramolecular Hbond substituents is 1. The minimum atomic E-state index is -0.815. The van der Waals surface area contributed by atoms with Crippen LogP contribution in [0.25, 0.3) is 11.1 Å². The summed E-state index contributed by atoms with van der Waals surface area (Å²) in [5.74, 6) is -1.09. The van der Waals surface area contributed by atoms with Crippen LogP contribution in [0.3, 0.4) is 0 Å². The monoisotopic (exact) mass is 270 g/mol. The van der Waals surface area contributed by atoms with Gasteiger partial charge in [-0.25, -0.2) is 0 Å². The van der Waals surface area contributed by atoms with E-state index in [0.29, 0.717) is 0 Å². The van der Waals surface area contributed by atoms with Crippen molar-refractivity contribution < 1.29 is 15.0 Å². The average Bonchev–Trinajstić information content (AvgIpc) is 2.42. The summed E-state index contributed by atoms with van der Waals surface area (Å²) in [6.07, 6.45) is 0. The van der Waals surface area contributed by atoms with E-state index >= 15 is 0 Å². The zero-order valence-corrected chi connectivity index (χ0v) is 11.8. The number of hydrogen-bond acceptors (Lipinski definition) is 2. The van der Waals surface area contributed by atoms with Crippen molar-refractivity contribution in [1.29, 1.82) is 0 Å². The van der Waals surface area contributed by atoms with E-state index in [1.165, 1.54) is 0 Å². The number of aliphatic carboxylic acids is 1. The molecule has 3 heteroatoms. The van der Waals surface area contributed by atoms with Crippen molar-refractivity contribution in [2.24, 2.45) is 0 Å². The standard InChI is InChI=1S/C17H18O3/c1-10-11(2)16(13-4-6-14(18)7-5-13)9-8-15(10)12(3)17(19)20/h4-9,12,18H,1-3H3,(H,19,20). The fraction of sp³-hybridized carbons (Fsp3) is 0.235. The molecule has 0 aliphatic rings. The summed E-state index contributed by atoms with van der Waals surface area (Å²) in [5, 5.41) is 18.5. The Morgan fingerprint density at radius 3 is 2.15 bits per heavy atom. The Balaban J connectivity index is 2.51. The van der Waals surface area contributed by atoms with E-state index < -0.39 is 11.9 Å². The summed E-state index contributed by atoms with van der Waals surface area (Å²) in [5.41, 5.74) is 4.99. The van der Waals surface area contributed by atoms with E-state index in [-0.39, 0.29) is 5.75 Å². The van der Waals surface area contributed by atoms with Crippen molar-refractivity contribution in [2.75, 3.05) is 0 Å². The molecule has 2 N–H and O–H groups in total. The predicted molar refractivity (Wildman–Crippen MR) is 79.1 cm³/mol. The number of aromatic hydroxyl groups is 1. The van der Waals surface area contributed by atoms with E-state index in [0.717, 1.165) is 27.8 Å². The minimum absolute atomic E-state index is 0.235. The molecule has 0 bridgehead atoms. The van der Waals surface area contributed by atoms with Crippen LogP contribution >= 0.6 is 0 Å². The number of carbonyl (C=O) groups is 1. The lowest BCUT2D eigenvalue weighted by Gasteiger charge is -2.16. The largest absolute Gasteiger partial charge is 0.508 e. The maximum Gasteiger partial charge on any atom is 0.310 e. The topological polar surface area (TPSA) is 57.5 Å². The van der Waals surface area contributed by atoms with Crippen molar-refractivity contribution in [2.45, 2.75) is 26.7 Å². The molecule has 0 saturated heterocycles. The molecule has 0 amide bonds. The van der Waals surface area contributed by atoms with Crippen LogP contribution in [0.15, 0.2) is 36.4 Å². The third kappa shape index (κ3) is 2.52. The van der Waals surface area contributed by atoms with Crippen LogP contribution in [0.4, 0.5) is 0 Å². The normalized spacial score (nSPS) is 12.2. The van der Waals surface area contributed by atoms with Crippen LogP contribution in [0.2, 0.25) is 0 Å². The lowest BCUT2D eigenvalue weighted by Crippen LogP contribution is -2.09. The Kier molecular flexibility index (Phi) is 3.79. The van der Waals surface area contributed by atoms with E-state index in [1.54, 1.807) is 19.1 Å². The van der Waals surface area contributed by atoms with Gasteiger partial charge in [-0.2, -0.15) is 0 Å². The Hall–Kier alpha value is -2.29. The molecule has 0 aliphatic carbocycles. The van der Waals surface area contributed by atoms with Crippen LogP contribution in [-0.2, 0) is 4.79 Å². The van der Waals surface area contributed by atoms with Crippen molar-refractivity contribution in [3.8, 4) is 16.9 Å². The second-order valence-electron chi connectivity index (χ2n) is 5.06. The first kappa shape index (κ1) is 14.1. The van der Waals surface area contributed by atoms with Crippen LogP contribution in [0, 0.1) is 13.8 Å². The summed E-state index contributed by atoms with van der Waals surface area (Å²) in [4.78, 5) is 11.1. The van der Waals surface area contributed by atoms with E-state index in [2.05, 4.69) is 0 Å². The quantitative estimate of drug-likeness (QED) is 0.890. The molecule has 0 heterocycles. The molecular formula is C17H18O3. The van der Waals surface area contributed by atoms with Crippen LogP contribution < -0.4 is 0 Å². The van der Waals surface area contributed by atoms with Gasteiger partial charge in [0.25, 0.3) is 0 Å². The van der Waals surface area contributed by atoms with E-state index in [9.17, 15) is 9.90 Å². The maximum absolute atomic E-state index is 11.1. The van der Waals surface area contributed by atoms with Crippen molar-refractivity contribution in [3.63, 3.8) is 0 Å². The van der Waals surface area contributed by atoms with E-state index in [4.69, 9.17) is 5.11 Å². The fourth-order valence-electron chi connectivity index (χ4n) is 2.40. The number of benzene rings is 2. The molecule has 1 unspecified atom stereocenters. The molecule has 2 aromatic carbocycles. The zero-order valence-electron chi connectivity index (χ0n) is 11.8. The van der Waals surface area contributed by atoms with Gasteiger partial charge in [-0.3, -0.25) is 4.79 Å². The Labute approximate surface area is 118 Å². The second kappa shape index (κ2) is 5.37. The number of carboxylic acid groups (broad SMARTS) is 1. The van der Waals surface area contributed by atoms with Crippen molar-refractivity contribution in [3.05, 3.63) is 53.1 Å². The van der Waals surface area contributed by atoms with Gasteiger partial charge < -0.3 is 10.2 Å². The van der Waals surface area contributed by atoms with Gasteiger partial charge in [0.2, 0.25) is 0 Å². The summed E-state index contributed by atoms with van der Waals surface area (Å²) in [7, 11) is 0. The van der Waals surface area contributed by atoms with Gasteiger partial charge in [-0.1, -0.05) is 24.3 Å². The molecular weight excluding hydrogens is 252 g/mol. The number of rotatable bonds is 3. The lowest BCUT2D eigenvalue weighted by molar-refractivity contribution is -0.138. The third-order valence-corrected chi connectivity index (χ3v) is 3.84. The molecule has 0 fully saturated rings. The highest BCUT2D eigenvalue weighted by Gasteiger charge is 2.18. The maximum atomic E-state index is 11.1. The first-order valence-corrected chi connectivity index (χ1v) is 6.54. The molecule has 2 rings (SSSR count). The predicted octanol–water partition coefficient (Wildman–Crippen LogP) is 3.86. The van der Waals surface area contributed by atoms with Gasteiger partial charge in [0.05, 0.1) is 5.92 Å². The zero-order chi connectivity index (χ0) is 14.9. The van der Waals surface area contributed by atoms with Crippen molar-refractivity contribution in [1.82, 2.24) is 0 Å². The molecule has 0 saturated carbocycles. The molecule has 20 heavy (non-hydrogen) atoms. The smallest absolute Gasteiger partial charge is 0.310 e. The number of hydrogen-bond donors (Lipinski definition) is 2. The van der Waals surface area contributed by atoms with Gasteiger partial charge in [-0.15, -0.1) is 0 Å². The summed E-state index contributed by atoms with van der Waals surface area (Å²) in [6, 6.07) is 10.8. The van der Waals surface area contributed by atoms with E-state index in [1.807, 2.05) is 38.1 Å². The van der Waals surface area contributed by atoms with Gasteiger partial charge in [-0.05, 0) is 60.7 Å². The molecule has 0 aromatic heterocycles. The Morgan fingerprint density at radius 2 is 1.60 bits per heavy atom. The molecule has 2 aromatic rings. The average molecular weight is 270 g/mol. The SMILES string of the molecule is Cc1c(-c2ccc(O)cc2)ccc(C(C)C(=O)O)c1C. The summed E-state index contributed by atoms with van der Waals surface area (Å²) >= 11 is 0. The molecule has 1 atom stereocenters. The van der Waals surface area contributed by atoms with Gasteiger partial charge >= 0.3 is 5.97 Å². The van der Waals surface area contributed by atoms with Gasteiger partial charge in [0.15, 0.2) is 0 Å². The highest BCUT2D eigenvalue weighted by molar-refractivity contribution is 5.78. The second-order valence-corrected chi connectivity index (χ2v) is 5.06. The first-order chi connectivity index (χ1) is 9.41. The number of carboxylic acids is 1. The lowest BCUT2D eigenvalue weighted by atomic mass is 9.88. The van der Waals surface area contributed by atoms with Gasteiger partial charge in [0.1, 0.15) is 5.75 Å². The summed E-state index contributed by atoms with van der Waals surface area (Å²) < 4.78 is 0. The highest BCUT2D eigenvalue weighted by Crippen LogP contribution is 2.31. The van der Waals surface area contributed by atoms with Crippen LogP contribution in [-0.4, -0.2) is 16.2 Å². The molecule has 3 nitrogen and oxygen atoms in total. The Morgan fingerprint density at radius 1 is 1.00 bits per heavy atom. The Bertz CT molecular complexity index is 642. The fourth-order valence-corrected chi connectivity index (χ4v) is 2.40. The summed E-state index contributed by atoms with van der Waals surface area (Å²) in [6.45, 7) is 5.65. The first-order valence-electron chi connectivity index (χ1n) is 6.54. The molecule has 0 spiro atoms. The number of phenols is 1. The molecule has 104 valence electrons. The van der Waals surface area contributed by atoms with Crippen LogP contribution in [0.5, 0.6) is 5.75 Å². The minimum Gasteiger partial charge on any atom is -0.508 e. The molecule has 0 radical (unpaired) electrons. The van der Waals surface area contributed by atoms with Crippen molar-refractivity contribution >= 4 is 5.97 Å². The van der Waals surface area contributed by atoms with Crippen LogP contribution in [0.1, 0.15) is 29.5 Å². The molecule has 0 aliphatic heterocycles.